The van der Waals surface area contributed by atoms with Gasteiger partial charge in [0.1, 0.15) is 0 Å². The molecule has 1 aliphatic heterocycles. The zero-order chi connectivity index (χ0) is 19.5. The maximum absolute atomic E-state index is 12.1. The van der Waals surface area contributed by atoms with E-state index in [-0.39, 0.29) is 29.9 Å². The van der Waals surface area contributed by atoms with Crippen LogP contribution in [-0.4, -0.2) is 75.5 Å². The lowest BCUT2D eigenvalue weighted by Gasteiger charge is -2.20. The lowest BCUT2D eigenvalue weighted by molar-refractivity contribution is 0.0827. The van der Waals surface area contributed by atoms with Crippen LogP contribution >= 0.6 is 24.0 Å². The lowest BCUT2D eigenvalue weighted by Crippen LogP contribution is -2.42. The maximum Gasteiger partial charge on any atom is 0.253 e. The number of amides is 1. The average molecular weight is 501 g/mol. The first-order chi connectivity index (χ1) is 13.1. The second kappa shape index (κ2) is 13.8. The normalized spacial score (nSPS) is 15.3. The smallest absolute Gasteiger partial charge is 0.253 e. The molecule has 0 saturated carbocycles. The van der Waals surface area contributed by atoms with Crippen LogP contribution in [0, 0.1) is 0 Å². The number of likely N-dealkylation sites (tertiary alicyclic amines) is 1. The number of nitrogens with zero attached hydrogens (tertiary/aromatic N) is 3. The molecule has 1 aromatic rings. The summed E-state index contributed by atoms with van der Waals surface area (Å²) in [7, 11) is 5.35. The number of hydrogen-bond acceptors (Lipinski definition) is 3. The molecule has 0 atom stereocenters. The molecule has 1 saturated heterocycles. The van der Waals surface area contributed by atoms with Crippen molar-refractivity contribution in [3.05, 3.63) is 35.4 Å². The van der Waals surface area contributed by atoms with Crippen molar-refractivity contribution in [2.45, 2.75) is 32.1 Å². The third kappa shape index (κ3) is 8.77. The molecule has 0 aromatic heterocycles. The van der Waals surface area contributed by atoms with Crippen LogP contribution in [0.2, 0.25) is 0 Å². The van der Waals surface area contributed by atoms with Crippen molar-refractivity contribution in [3.63, 3.8) is 0 Å². The number of halogens is 1. The standard InChI is InChI=1S/C21H35N5O.HI/c1-22-21(24-13-16-26-14-6-4-5-7-15-26)23-12-11-18-9-8-10-19(17-18)20(27)25(2)3;/h8-10,17H,4-7,11-16H2,1-3H3,(H2,22,23,24);1H. The van der Waals surface area contributed by atoms with Crippen molar-refractivity contribution in [1.82, 2.24) is 20.4 Å². The van der Waals surface area contributed by atoms with E-state index in [9.17, 15) is 4.79 Å². The predicted octanol–water partition coefficient (Wildman–Crippen LogP) is 2.59. The quantitative estimate of drug-likeness (QED) is 0.343. The molecule has 0 radical (unpaired) electrons. The van der Waals surface area contributed by atoms with E-state index < -0.39 is 0 Å². The van der Waals surface area contributed by atoms with Gasteiger partial charge in [0.2, 0.25) is 0 Å². The predicted molar refractivity (Wildman–Crippen MR) is 128 cm³/mol. The molecule has 1 fully saturated rings. The molecule has 1 amide bonds. The van der Waals surface area contributed by atoms with E-state index in [0.717, 1.165) is 43.1 Å². The van der Waals surface area contributed by atoms with Gasteiger partial charge in [0.05, 0.1) is 0 Å². The minimum atomic E-state index is 0. The van der Waals surface area contributed by atoms with E-state index in [1.807, 2.05) is 18.2 Å². The lowest BCUT2D eigenvalue weighted by atomic mass is 10.1. The Hall–Kier alpha value is -1.35. The first-order valence-corrected chi connectivity index (χ1v) is 10.1. The Balaban J connectivity index is 0.00000392. The van der Waals surface area contributed by atoms with Gasteiger partial charge >= 0.3 is 0 Å². The van der Waals surface area contributed by atoms with Crippen molar-refractivity contribution in [1.29, 1.82) is 0 Å². The minimum Gasteiger partial charge on any atom is -0.356 e. The van der Waals surface area contributed by atoms with Crippen LogP contribution < -0.4 is 10.6 Å². The second-order valence-corrected chi connectivity index (χ2v) is 7.33. The van der Waals surface area contributed by atoms with Crippen LogP contribution in [0.1, 0.15) is 41.6 Å². The van der Waals surface area contributed by atoms with Crippen molar-refractivity contribution >= 4 is 35.8 Å². The highest BCUT2D eigenvalue weighted by atomic mass is 127. The summed E-state index contributed by atoms with van der Waals surface area (Å²) in [5, 5.41) is 6.77. The van der Waals surface area contributed by atoms with Crippen LogP contribution in [0.5, 0.6) is 0 Å². The third-order valence-corrected chi connectivity index (χ3v) is 4.93. The molecule has 6 nitrogen and oxygen atoms in total. The Morgan fingerprint density at radius 3 is 2.43 bits per heavy atom. The molecule has 28 heavy (non-hydrogen) atoms. The Kier molecular flexibility index (Phi) is 12.1. The van der Waals surface area contributed by atoms with Gasteiger partial charge in [0.25, 0.3) is 5.91 Å². The topological polar surface area (TPSA) is 60.0 Å². The van der Waals surface area contributed by atoms with Crippen LogP contribution in [0.25, 0.3) is 0 Å². The van der Waals surface area contributed by atoms with Gasteiger partial charge in [-0.25, -0.2) is 0 Å². The highest BCUT2D eigenvalue weighted by Crippen LogP contribution is 2.09. The fourth-order valence-corrected chi connectivity index (χ4v) is 3.36. The molecule has 2 rings (SSSR count). The molecule has 0 aliphatic carbocycles. The second-order valence-electron chi connectivity index (χ2n) is 7.33. The number of carbonyl (C=O) groups excluding carboxylic acids is 1. The van der Waals surface area contributed by atoms with Gasteiger partial charge in [-0.1, -0.05) is 25.0 Å². The Morgan fingerprint density at radius 1 is 1.11 bits per heavy atom. The zero-order valence-electron chi connectivity index (χ0n) is 17.5. The number of nitrogens with one attached hydrogen (secondary N) is 2. The van der Waals surface area contributed by atoms with Crippen molar-refractivity contribution in [3.8, 4) is 0 Å². The number of hydrogen-bond donors (Lipinski definition) is 2. The van der Waals surface area contributed by atoms with Crippen molar-refractivity contribution < 1.29 is 4.79 Å². The molecule has 7 heteroatoms. The largest absolute Gasteiger partial charge is 0.356 e. The van der Waals surface area contributed by atoms with Crippen LogP contribution in [-0.2, 0) is 6.42 Å². The SMILES string of the molecule is CN=C(NCCc1cccc(C(=O)N(C)C)c1)NCCN1CCCCCC1.I. The Labute approximate surface area is 187 Å². The first-order valence-electron chi connectivity index (χ1n) is 10.1. The van der Waals surface area contributed by atoms with Gasteiger partial charge in [-0.3, -0.25) is 9.79 Å². The molecule has 2 N–H and O–H groups in total. The van der Waals surface area contributed by atoms with E-state index in [2.05, 4.69) is 26.6 Å². The number of aliphatic imine (C=N–C) groups is 1. The van der Waals surface area contributed by atoms with Crippen LogP contribution in [0.3, 0.4) is 0 Å². The van der Waals surface area contributed by atoms with Crippen molar-refractivity contribution in [2.75, 3.05) is 53.9 Å². The number of rotatable bonds is 7. The molecule has 0 unspecified atom stereocenters. The monoisotopic (exact) mass is 501 g/mol. The Bertz CT molecular complexity index is 613. The summed E-state index contributed by atoms with van der Waals surface area (Å²) in [6, 6.07) is 7.84. The molecular weight excluding hydrogens is 465 g/mol. The van der Waals surface area contributed by atoms with E-state index >= 15 is 0 Å². The fourth-order valence-electron chi connectivity index (χ4n) is 3.36. The summed E-state index contributed by atoms with van der Waals surface area (Å²) in [6.45, 7) is 5.19. The third-order valence-electron chi connectivity index (χ3n) is 4.93. The van der Waals surface area contributed by atoms with E-state index in [0.29, 0.717) is 0 Å². The maximum atomic E-state index is 12.1. The van der Waals surface area contributed by atoms with Crippen molar-refractivity contribution in [2.24, 2.45) is 4.99 Å². The summed E-state index contributed by atoms with van der Waals surface area (Å²) in [5.74, 6) is 0.876. The summed E-state index contributed by atoms with van der Waals surface area (Å²) in [4.78, 5) is 20.5. The molecule has 1 heterocycles. The molecule has 158 valence electrons. The van der Waals surface area contributed by atoms with Gasteiger partial charge in [0.15, 0.2) is 5.96 Å². The van der Waals surface area contributed by atoms with E-state index in [4.69, 9.17) is 0 Å². The fraction of sp³-hybridized carbons (Fsp3) is 0.619. The zero-order valence-corrected chi connectivity index (χ0v) is 19.9. The van der Waals surface area contributed by atoms with Gasteiger partial charge in [0, 0.05) is 46.3 Å². The minimum absolute atomic E-state index is 0. The van der Waals surface area contributed by atoms with Gasteiger partial charge in [-0.2, -0.15) is 0 Å². The molecule has 1 aromatic carbocycles. The van der Waals surface area contributed by atoms with E-state index in [1.54, 1.807) is 26.0 Å². The van der Waals surface area contributed by atoms with Gasteiger partial charge < -0.3 is 20.4 Å². The molecular formula is C21H36IN5O. The summed E-state index contributed by atoms with van der Waals surface area (Å²) < 4.78 is 0. The van der Waals surface area contributed by atoms with Gasteiger partial charge in [-0.05, 0) is 50.0 Å². The van der Waals surface area contributed by atoms with Crippen LogP contribution in [0.4, 0.5) is 0 Å². The highest BCUT2D eigenvalue weighted by Gasteiger charge is 2.09. The first kappa shape index (κ1) is 24.7. The number of guanidine groups is 1. The van der Waals surface area contributed by atoms with Crippen LogP contribution in [0.15, 0.2) is 29.3 Å². The van der Waals surface area contributed by atoms with Gasteiger partial charge in [-0.15, -0.1) is 24.0 Å². The Morgan fingerprint density at radius 2 is 1.79 bits per heavy atom. The summed E-state index contributed by atoms with van der Waals surface area (Å²) in [5.41, 5.74) is 1.88. The molecule has 0 bridgehead atoms. The van der Waals surface area contributed by atoms with E-state index in [1.165, 1.54) is 38.8 Å². The number of benzene rings is 1. The summed E-state index contributed by atoms with van der Waals surface area (Å²) in [6.07, 6.45) is 6.23. The number of carbonyl (C=O) groups is 1. The molecule has 1 aliphatic rings. The highest BCUT2D eigenvalue weighted by molar-refractivity contribution is 14.0. The molecule has 0 spiro atoms. The summed E-state index contributed by atoms with van der Waals surface area (Å²) >= 11 is 0. The average Bonchev–Trinajstić information content (AvgIpc) is 2.95.